The van der Waals surface area contributed by atoms with Crippen LogP contribution in [0.3, 0.4) is 0 Å². The van der Waals surface area contributed by atoms with E-state index in [2.05, 4.69) is 74.5 Å². The summed E-state index contributed by atoms with van der Waals surface area (Å²) in [5.74, 6) is 0.948. The average Bonchev–Trinajstić information content (AvgIpc) is 2.90. The normalized spacial score (nSPS) is 24.1. The number of allylic oxidation sites excluding steroid dienone is 1. The van der Waals surface area contributed by atoms with Gasteiger partial charge in [-0.25, -0.2) is 0 Å². The van der Waals surface area contributed by atoms with Crippen LogP contribution in [0.4, 0.5) is 0 Å². The van der Waals surface area contributed by atoms with Crippen molar-refractivity contribution >= 4 is 0 Å². The molecule has 0 amide bonds. The van der Waals surface area contributed by atoms with Crippen LogP contribution in [0.5, 0.6) is 5.75 Å². The Morgan fingerprint density at radius 3 is 1.88 bits per heavy atom. The average molecular weight is 459 g/mol. The number of hydrogen-bond acceptors (Lipinski definition) is 1. The third-order valence-electron chi connectivity index (χ3n) is 8.88. The van der Waals surface area contributed by atoms with Gasteiger partial charge in [-0.05, 0) is 97.4 Å². The largest absolute Gasteiger partial charge is 0.490 e. The zero-order valence-electron chi connectivity index (χ0n) is 21.8. The Balaban J connectivity index is 1.29. The van der Waals surface area contributed by atoms with Crippen LogP contribution in [0, 0.1) is 5.41 Å². The molecule has 184 valence electrons. The zero-order chi connectivity index (χ0) is 23.7. The number of fused-ring (bicyclic) bond motifs is 3. The van der Waals surface area contributed by atoms with E-state index in [1.54, 1.807) is 5.56 Å². The van der Waals surface area contributed by atoms with Gasteiger partial charge in [0.25, 0.3) is 0 Å². The topological polar surface area (TPSA) is 9.23 Å². The fraction of sp³-hybridized carbons (Fsp3) is 0.576. The molecular weight excluding hydrogens is 412 g/mol. The number of rotatable bonds is 13. The quantitative estimate of drug-likeness (QED) is 0.214. The van der Waals surface area contributed by atoms with Crippen molar-refractivity contribution in [1.29, 1.82) is 0 Å². The fourth-order valence-corrected chi connectivity index (χ4v) is 6.42. The van der Waals surface area contributed by atoms with E-state index in [0.29, 0.717) is 17.4 Å². The van der Waals surface area contributed by atoms with Crippen LogP contribution in [0.2, 0.25) is 0 Å². The number of hydrogen-bond donors (Lipinski definition) is 0. The maximum atomic E-state index is 5.89. The first-order chi connectivity index (χ1) is 16.7. The molecule has 2 bridgehead atoms. The molecule has 0 atom stereocenters. The van der Waals surface area contributed by atoms with Crippen molar-refractivity contribution in [2.75, 3.05) is 6.61 Å². The van der Waals surface area contributed by atoms with Crippen molar-refractivity contribution in [3.05, 3.63) is 66.2 Å². The molecule has 3 aliphatic rings. The lowest BCUT2D eigenvalue weighted by molar-refractivity contribution is 0.0305. The van der Waals surface area contributed by atoms with Gasteiger partial charge < -0.3 is 4.74 Å². The van der Waals surface area contributed by atoms with Gasteiger partial charge in [0.2, 0.25) is 0 Å². The van der Waals surface area contributed by atoms with Gasteiger partial charge in [-0.3, -0.25) is 0 Å². The van der Waals surface area contributed by atoms with Crippen LogP contribution in [0.15, 0.2) is 60.7 Å². The van der Waals surface area contributed by atoms with Gasteiger partial charge in [0.1, 0.15) is 12.4 Å². The van der Waals surface area contributed by atoms with Gasteiger partial charge in [-0.15, -0.1) is 0 Å². The highest BCUT2D eigenvalue weighted by molar-refractivity contribution is 5.64. The van der Waals surface area contributed by atoms with Crippen LogP contribution in [0.1, 0.15) is 109 Å². The van der Waals surface area contributed by atoms with Crippen molar-refractivity contribution in [3.8, 4) is 16.9 Å². The van der Waals surface area contributed by atoms with Gasteiger partial charge >= 0.3 is 0 Å². The second-order valence-corrected chi connectivity index (χ2v) is 11.1. The van der Waals surface area contributed by atoms with Crippen LogP contribution >= 0.6 is 0 Å². The molecule has 2 aromatic rings. The van der Waals surface area contributed by atoms with Crippen molar-refractivity contribution in [3.63, 3.8) is 0 Å². The van der Waals surface area contributed by atoms with Crippen molar-refractivity contribution in [2.45, 2.75) is 109 Å². The van der Waals surface area contributed by atoms with E-state index in [4.69, 9.17) is 4.74 Å². The van der Waals surface area contributed by atoms with Gasteiger partial charge in [0.05, 0.1) is 0 Å². The van der Waals surface area contributed by atoms with E-state index in [1.807, 2.05) is 0 Å². The molecule has 0 radical (unpaired) electrons. The highest BCUT2D eigenvalue weighted by atomic mass is 16.5. The Bertz CT molecular complexity index is 865. The molecular formula is C33H46O. The molecule has 0 spiro atoms. The summed E-state index contributed by atoms with van der Waals surface area (Å²) in [6.07, 6.45) is 23.7. The Morgan fingerprint density at radius 1 is 0.676 bits per heavy atom. The predicted molar refractivity (Wildman–Crippen MR) is 147 cm³/mol. The Hall–Kier alpha value is -2.02. The smallest absolute Gasteiger partial charge is 0.119 e. The zero-order valence-corrected chi connectivity index (χ0v) is 21.8. The second-order valence-electron chi connectivity index (χ2n) is 11.1. The summed E-state index contributed by atoms with van der Waals surface area (Å²) in [5.41, 5.74) is 5.30. The molecule has 1 nitrogen and oxygen atoms in total. The highest BCUT2D eigenvalue weighted by Gasteiger charge is 2.48. The number of unbranched alkanes of at least 4 members (excludes halogenated alkanes) is 5. The molecule has 3 aliphatic carbocycles. The highest BCUT2D eigenvalue weighted by Crippen LogP contribution is 2.59. The molecule has 34 heavy (non-hydrogen) atoms. The van der Waals surface area contributed by atoms with Crippen LogP contribution < -0.4 is 4.74 Å². The lowest BCUT2D eigenvalue weighted by atomic mass is 9.51. The molecule has 0 aromatic heterocycles. The molecule has 0 saturated heterocycles. The molecule has 0 unspecified atom stereocenters. The van der Waals surface area contributed by atoms with Crippen molar-refractivity contribution in [1.82, 2.24) is 0 Å². The van der Waals surface area contributed by atoms with E-state index >= 15 is 0 Å². The van der Waals surface area contributed by atoms with Crippen molar-refractivity contribution < 1.29 is 4.74 Å². The minimum Gasteiger partial charge on any atom is -0.490 e. The van der Waals surface area contributed by atoms with Crippen LogP contribution in [0.25, 0.3) is 11.1 Å². The SMILES string of the molecule is CCCCC/C=C/COc1ccc(-c2ccc(C34CCC(CCCCC)(CC3)CC4)cc2)cc1. The lowest BCUT2D eigenvalue weighted by Crippen LogP contribution is -2.44. The monoisotopic (exact) mass is 458 g/mol. The molecule has 0 N–H and O–H groups in total. The van der Waals surface area contributed by atoms with Crippen LogP contribution in [-0.2, 0) is 5.41 Å². The number of ether oxygens (including phenoxy) is 1. The minimum atomic E-state index is 0.451. The standard InChI is InChI=1S/C33H46O/c1-3-5-7-8-9-11-27-34-31-18-14-29(15-19-31)28-12-16-30(17-13-28)33-24-21-32(22-25-33,23-26-33)20-10-6-4-2/h9,11-19H,3-8,10,20-27H2,1-2H3/b11-9+. The van der Waals surface area contributed by atoms with E-state index in [0.717, 1.165) is 12.2 Å². The molecule has 3 saturated carbocycles. The van der Waals surface area contributed by atoms with Crippen LogP contribution in [-0.4, -0.2) is 6.61 Å². The summed E-state index contributed by atoms with van der Waals surface area (Å²) in [5, 5.41) is 0. The predicted octanol–water partition coefficient (Wildman–Crippen LogP) is 10.0. The van der Waals surface area contributed by atoms with Crippen molar-refractivity contribution in [2.24, 2.45) is 5.41 Å². The first-order valence-electron chi connectivity index (χ1n) is 14.2. The van der Waals surface area contributed by atoms with Gasteiger partial charge in [-0.1, -0.05) is 94.5 Å². The summed E-state index contributed by atoms with van der Waals surface area (Å²) in [7, 11) is 0. The van der Waals surface area contributed by atoms with E-state index in [1.165, 1.54) is 94.6 Å². The maximum Gasteiger partial charge on any atom is 0.119 e. The molecule has 5 rings (SSSR count). The van der Waals surface area contributed by atoms with E-state index in [-0.39, 0.29) is 0 Å². The summed E-state index contributed by atoms with van der Waals surface area (Å²) in [6, 6.07) is 18.1. The van der Waals surface area contributed by atoms with E-state index < -0.39 is 0 Å². The molecule has 0 aliphatic heterocycles. The first kappa shape index (κ1) is 25.1. The summed E-state index contributed by atoms with van der Waals surface area (Å²) < 4.78 is 5.89. The maximum absolute atomic E-state index is 5.89. The minimum absolute atomic E-state index is 0.451. The molecule has 0 heterocycles. The second kappa shape index (κ2) is 12.1. The Kier molecular flexibility index (Phi) is 8.92. The summed E-state index contributed by atoms with van der Waals surface area (Å²) >= 11 is 0. The van der Waals surface area contributed by atoms with Gasteiger partial charge in [-0.2, -0.15) is 0 Å². The Morgan fingerprint density at radius 2 is 1.26 bits per heavy atom. The summed E-state index contributed by atoms with van der Waals surface area (Å²) in [6.45, 7) is 5.22. The van der Waals surface area contributed by atoms with Gasteiger partial charge in [0, 0.05) is 0 Å². The molecule has 2 aromatic carbocycles. The molecule has 3 fully saturated rings. The fourth-order valence-electron chi connectivity index (χ4n) is 6.42. The number of benzene rings is 2. The van der Waals surface area contributed by atoms with Gasteiger partial charge in [0.15, 0.2) is 0 Å². The summed E-state index contributed by atoms with van der Waals surface area (Å²) in [4.78, 5) is 0. The van der Waals surface area contributed by atoms with E-state index in [9.17, 15) is 0 Å². The first-order valence-corrected chi connectivity index (χ1v) is 14.2. The molecule has 1 heteroatoms. The third-order valence-corrected chi connectivity index (χ3v) is 8.88. The lowest BCUT2D eigenvalue weighted by Gasteiger charge is -2.54. The Labute approximate surface area is 209 Å². The third kappa shape index (κ3) is 6.15.